The second kappa shape index (κ2) is 17.3. The average Bonchev–Trinajstić information content (AvgIpc) is 3.11. The number of methoxy groups -OCH3 is 1. The lowest BCUT2D eigenvalue weighted by molar-refractivity contribution is -0.138. The van der Waals surface area contributed by atoms with Gasteiger partial charge in [0.15, 0.2) is 6.29 Å². The van der Waals surface area contributed by atoms with Gasteiger partial charge in [-0.25, -0.2) is 17.5 Å². The number of benzene rings is 2. The number of halogens is 4. The predicted octanol–water partition coefficient (Wildman–Crippen LogP) is 7.65. The Hall–Kier alpha value is -2.50. The Bertz CT molecular complexity index is 1150. The molecular formula is C29H43F4NO5S. The molecule has 0 aromatic heterocycles. The Morgan fingerprint density at radius 2 is 1.62 bits per heavy atom. The summed E-state index contributed by atoms with van der Waals surface area (Å²) in [5.74, 6) is -0.841. The summed E-state index contributed by atoms with van der Waals surface area (Å²) in [4.78, 5) is 9.82. The molecule has 0 amide bonds. The van der Waals surface area contributed by atoms with Gasteiger partial charge in [-0.2, -0.15) is 13.2 Å². The van der Waals surface area contributed by atoms with E-state index >= 15 is 0 Å². The summed E-state index contributed by atoms with van der Waals surface area (Å²) in [5, 5.41) is 0. The van der Waals surface area contributed by atoms with Crippen LogP contribution in [0.25, 0.3) is 0 Å². The van der Waals surface area contributed by atoms with Crippen LogP contribution in [0.2, 0.25) is 0 Å². The van der Waals surface area contributed by atoms with E-state index in [-0.39, 0.29) is 18.3 Å². The molecule has 0 heterocycles. The molecule has 2 aromatic rings. The Balaban J connectivity index is 0.00000133. The highest BCUT2D eigenvalue weighted by Gasteiger charge is 2.34. The largest absolute Gasteiger partial charge is 0.486 e. The van der Waals surface area contributed by atoms with Crippen molar-refractivity contribution in [2.24, 2.45) is 0 Å². The quantitative estimate of drug-likeness (QED) is 0.211. The maximum absolute atomic E-state index is 13.7. The molecular weight excluding hydrogens is 550 g/mol. The van der Waals surface area contributed by atoms with Crippen LogP contribution < -0.4 is 9.46 Å². The number of alkyl halides is 3. The zero-order valence-corrected chi connectivity index (χ0v) is 25.4. The van der Waals surface area contributed by atoms with E-state index in [1.165, 1.54) is 0 Å². The second-order valence-electron chi connectivity index (χ2n) is 9.21. The van der Waals surface area contributed by atoms with Crippen LogP contribution in [0.1, 0.15) is 90.5 Å². The van der Waals surface area contributed by atoms with Gasteiger partial charge in [-0.3, -0.25) is 4.79 Å². The Labute approximate surface area is 236 Å². The monoisotopic (exact) mass is 593 g/mol. The van der Waals surface area contributed by atoms with Gasteiger partial charge in [0.1, 0.15) is 18.2 Å². The summed E-state index contributed by atoms with van der Waals surface area (Å²) in [7, 11) is -2.73. The third-order valence-corrected chi connectivity index (χ3v) is 6.89. The van der Waals surface area contributed by atoms with Crippen molar-refractivity contribution in [3.05, 3.63) is 58.9 Å². The van der Waals surface area contributed by atoms with Crippen LogP contribution in [0.15, 0.2) is 41.3 Å². The SMILES string of the molecule is CC.CC.COC(C)(C)C.O=CCOc1cccc2c1CCCCC2NS(=O)(=O)c1cc(F)cc(C(F)(F)F)c1. The molecule has 0 spiro atoms. The van der Waals surface area contributed by atoms with Gasteiger partial charge in [0.2, 0.25) is 10.0 Å². The topological polar surface area (TPSA) is 81.7 Å². The van der Waals surface area contributed by atoms with Gasteiger partial charge in [0.05, 0.1) is 16.1 Å². The fourth-order valence-corrected chi connectivity index (χ4v) is 4.81. The molecule has 3 rings (SSSR count). The minimum absolute atomic E-state index is 0.0417. The summed E-state index contributed by atoms with van der Waals surface area (Å²) in [6, 6.07) is 5.50. The van der Waals surface area contributed by atoms with Crippen LogP contribution in [-0.2, 0) is 32.2 Å². The predicted molar refractivity (Wildman–Crippen MR) is 149 cm³/mol. The van der Waals surface area contributed by atoms with Gasteiger partial charge in [-0.05, 0) is 75.4 Å². The fourth-order valence-electron chi connectivity index (χ4n) is 3.50. The highest BCUT2D eigenvalue weighted by atomic mass is 32.2. The van der Waals surface area contributed by atoms with Crippen molar-refractivity contribution in [3.63, 3.8) is 0 Å². The minimum Gasteiger partial charge on any atom is -0.486 e. The molecule has 1 aliphatic rings. The average molecular weight is 594 g/mol. The molecule has 40 heavy (non-hydrogen) atoms. The fraction of sp³-hybridized carbons (Fsp3) is 0.552. The molecule has 0 fully saturated rings. The molecule has 0 radical (unpaired) electrons. The number of fused-ring (bicyclic) bond motifs is 1. The molecule has 1 unspecified atom stereocenters. The van der Waals surface area contributed by atoms with Gasteiger partial charge < -0.3 is 9.47 Å². The summed E-state index contributed by atoms with van der Waals surface area (Å²) >= 11 is 0. The molecule has 228 valence electrons. The molecule has 1 atom stereocenters. The molecule has 0 bridgehead atoms. The van der Waals surface area contributed by atoms with Crippen molar-refractivity contribution in [3.8, 4) is 5.75 Å². The van der Waals surface area contributed by atoms with Crippen molar-refractivity contribution in [1.82, 2.24) is 4.72 Å². The van der Waals surface area contributed by atoms with Gasteiger partial charge in [-0.1, -0.05) is 46.2 Å². The van der Waals surface area contributed by atoms with Crippen LogP contribution in [0, 0.1) is 5.82 Å². The third-order valence-electron chi connectivity index (χ3n) is 5.44. The molecule has 11 heteroatoms. The molecule has 0 aliphatic heterocycles. The first-order valence-corrected chi connectivity index (χ1v) is 14.8. The first-order valence-electron chi connectivity index (χ1n) is 13.3. The van der Waals surface area contributed by atoms with Gasteiger partial charge in [0, 0.05) is 13.2 Å². The highest BCUT2D eigenvalue weighted by Crippen LogP contribution is 2.36. The number of carbonyl (C=O) groups is 1. The molecule has 2 aromatic carbocycles. The minimum atomic E-state index is -4.88. The second-order valence-corrected chi connectivity index (χ2v) is 10.9. The van der Waals surface area contributed by atoms with E-state index in [0.29, 0.717) is 49.0 Å². The number of ether oxygens (including phenoxy) is 2. The molecule has 1 N–H and O–H groups in total. The number of aldehydes is 1. The van der Waals surface area contributed by atoms with Crippen LogP contribution in [-0.4, -0.2) is 34.0 Å². The Kier molecular flexibility index (Phi) is 16.3. The lowest BCUT2D eigenvalue weighted by Gasteiger charge is -2.21. The van der Waals surface area contributed by atoms with Gasteiger partial charge in [0.25, 0.3) is 0 Å². The van der Waals surface area contributed by atoms with E-state index in [4.69, 9.17) is 9.47 Å². The van der Waals surface area contributed by atoms with E-state index in [0.717, 1.165) is 12.0 Å². The smallest absolute Gasteiger partial charge is 0.416 e. The summed E-state index contributed by atoms with van der Waals surface area (Å²) in [6.07, 6.45) is -1.88. The number of sulfonamides is 1. The maximum Gasteiger partial charge on any atom is 0.416 e. The maximum atomic E-state index is 13.7. The summed E-state index contributed by atoms with van der Waals surface area (Å²) in [5.41, 5.74) is 0.0142. The van der Waals surface area contributed by atoms with E-state index in [2.05, 4.69) is 4.72 Å². The highest BCUT2D eigenvalue weighted by molar-refractivity contribution is 7.89. The first-order chi connectivity index (χ1) is 18.7. The van der Waals surface area contributed by atoms with Crippen LogP contribution in [0.3, 0.4) is 0 Å². The number of hydrogen-bond acceptors (Lipinski definition) is 5. The summed E-state index contributed by atoms with van der Waals surface area (Å²) in [6.45, 7) is 13.9. The zero-order chi connectivity index (χ0) is 31.1. The summed E-state index contributed by atoms with van der Waals surface area (Å²) < 4.78 is 91.0. The van der Waals surface area contributed by atoms with Gasteiger partial charge in [-0.15, -0.1) is 0 Å². The van der Waals surface area contributed by atoms with E-state index in [1.54, 1.807) is 25.3 Å². The van der Waals surface area contributed by atoms with Crippen molar-refractivity contribution in [2.45, 2.75) is 96.9 Å². The number of hydrogen-bond donors (Lipinski definition) is 1. The molecule has 6 nitrogen and oxygen atoms in total. The van der Waals surface area contributed by atoms with E-state index in [1.807, 2.05) is 48.5 Å². The van der Waals surface area contributed by atoms with E-state index < -0.39 is 38.5 Å². The number of rotatable bonds is 6. The third kappa shape index (κ3) is 12.3. The van der Waals surface area contributed by atoms with Crippen molar-refractivity contribution >= 4 is 16.3 Å². The molecule has 0 saturated carbocycles. The van der Waals surface area contributed by atoms with Crippen molar-refractivity contribution in [1.29, 1.82) is 0 Å². The van der Waals surface area contributed by atoms with E-state index in [9.17, 15) is 30.8 Å². The van der Waals surface area contributed by atoms with Crippen molar-refractivity contribution < 1.29 is 40.2 Å². The van der Waals surface area contributed by atoms with Gasteiger partial charge >= 0.3 is 6.18 Å². The normalized spacial score (nSPS) is 14.9. The van der Waals surface area contributed by atoms with Crippen LogP contribution in [0.4, 0.5) is 17.6 Å². The number of carbonyl (C=O) groups excluding carboxylic acids is 1. The molecule has 1 aliphatic carbocycles. The Morgan fingerprint density at radius 1 is 1.02 bits per heavy atom. The molecule has 0 saturated heterocycles. The van der Waals surface area contributed by atoms with Crippen LogP contribution in [0.5, 0.6) is 5.75 Å². The lowest BCUT2D eigenvalue weighted by atomic mass is 9.99. The first kappa shape index (κ1) is 37.5. The number of nitrogens with one attached hydrogen (secondary N) is 1. The standard InChI is InChI=1S/C20H19F4NO4S.C5H12O.2C2H6/c21-14-10-13(20(22,23)24)11-15(12-14)30(27,28)25-18-6-2-1-4-17-16(18)5-3-7-19(17)29-9-8-26;1-5(2,3)6-4;2*1-2/h3,5,7-8,10-12,18,25H,1-2,4,6,9H2;1-4H3;2*1-2H3. The lowest BCUT2D eigenvalue weighted by Crippen LogP contribution is -2.29. The Morgan fingerprint density at radius 3 is 2.15 bits per heavy atom. The zero-order valence-electron chi connectivity index (χ0n) is 24.6. The van der Waals surface area contributed by atoms with Crippen LogP contribution >= 0.6 is 0 Å². The van der Waals surface area contributed by atoms with Crippen molar-refractivity contribution in [2.75, 3.05) is 13.7 Å².